The summed E-state index contributed by atoms with van der Waals surface area (Å²) >= 11 is 0. The van der Waals surface area contributed by atoms with Crippen molar-refractivity contribution in [1.82, 2.24) is 0 Å². The first-order valence-corrected chi connectivity index (χ1v) is 36.3. The molecule has 0 aliphatic rings. The number of hydrogen-bond acceptors (Lipinski definition) is 0. The highest BCUT2D eigenvalue weighted by Crippen LogP contribution is 2.44. The molecule has 0 aliphatic heterocycles. The van der Waals surface area contributed by atoms with Crippen molar-refractivity contribution in [2.24, 2.45) is 135 Å². The van der Waals surface area contributed by atoms with Crippen LogP contribution < -0.4 is 0 Å². The van der Waals surface area contributed by atoms with Gasteiger partial charge in [0, 0.05) is 0 Å². The molecule has 0 heteroatoms. The van der Waals surface area contributed by atoms with E-state index in [9.17, 15) is 0 Å². The molecule has 0 aliphatic carbocycles. The van der Waals surface area contributed by atoms with Crippen molar-refractivity contribution in [3.63, 3.8) is 0 Å². The fourth-order valence-corrected chi connectivity index (χ4v) is 5.47. The van der Waals surface area contributed by atoms with E-state index >= 15 is 0 Å². The van der Waals surface area contributed by atoms with Crippen molar-refractivity contribution in [3.05, 3.63) is 0 Å². The zero-order chi connectivity index (χ0) is 72.7. The Morgan fingerprint density at radius 3 is 0.471 bits per heavy atom. The first-order chi connectivity index (χ1) is 36.3. The molecular formula is C85H190. The Morgan fingerprint density at radius 2 is 0.471 bits per heavy atom. The Hall–Kier alpha value is 0. The van der Waals surface area contributed by atoms with E-state index in [0.717, 1.165) is 65.1 Å². The van der Waals surface area contributed by atoms with Crippen molar-refractivity contribution in [1.29, 1.82) is 0 Å². The van der Waals surface area contributed by atoms with Gasteiger partial charge in [-0.2, -0.15) is 0 Å². The highest BCUT2D eigenvalue weighted by molar-refractivity contribution is 4.85. The Labute approximate surface area is 552 Å². The van der Waals surface area contributed by atoms with Gasteiger partial charge in [-0.05, 0) is 135 Å². The predicted molar refractivity (Wildman–Crippen MR) is 412 cm³/mol. The normalized spacial score (nSPS) is 14.4. The maximum absolute atomic E-state index is 2.34. The second-order valence-electron chi connectivity index (χ2n) is 41.3. The topological polar surface area (TPSA) is 0 Å². The van der Waals surface area contributed by atoms with Gasteiger partial charge in [-0.1, -0.05) is 420 Å². The fourth-order valence-electron chi connectivity index (χ4n) is 5.47. The number of rotatable bonds is 11. The van der Waals surface area contributed by atoms with Crippen molar-refractivity contribution in [2.45, 2.75) is 420 Å². The summed E-state index contributed by atoms with van der Waals surface area (Å²) in [6, 6.07) is 0. The minimum absolute atomic E-state index is 0.418. The second kappa shape index (κ2) is 43.8. The lowest BCUT2D eigenvalue weighted by Gasteiger charge is -2.42. The first kappa shape index (κ1) is 107. The molecule has 530 valence electrons. The van der Waals surface area contributed by atoms with Crippen LogP contribution in [0, 0.1) is 135 Å². The minimum atomic E-state index is 0.418. The molecule has 0 N–H and O–H groups in total. The molecule has 0 spiro atoms. The van der Waals surface area contributed by atoms with E-state index in [1.54, 1.807) is 0 Å². The highest BCUT2D eigenvalue weighted by Gasteiger charge is 2.35. The van der Waals surface area contributed by atoms with Crippen LogP contribution in [-0.4, -0.2) is 0 Å². The quantitative estimate of drug-likeness (QED) is 0.193. The standard InChI is InChI=1S/C10H22.3C9H20.6C8H18/c1-8(2)10(6,7)9(3,4)5;1-7-9(5,6)8(2,3)4;1-7(2)8(3)9(4,5)6;1-7(2)9(5,6)8(3)4;2*1-7(2,3)8(4,5)6;2*1-6-7(2)8(3,4)5;1-6-8(4,5)7(2)3;1-6(2)8(5)7(3)4/h8H,1-7H3;7H2,1-6H3;2*7-8H,1-6H3;2*1-6H3;3*7H,6H2,1-5H3;6-8H,1-5H3. The van der Waals surface area contributed by atoms with Gasteiger partial charge in [0.1, 0.15) is 0 Å². The summed E-state index contributed by atoms with van der Waals surface area (Å²) in [5, 5.41) is 0. The van der Waals surface area contributed by atoms with E-state index < -0.39 is 0 Å². The summed E-state index contributed by atoms with van der Waals surface area (Å²) in [6.07, 6.45) is 5.13. The SMILES string of the molecule is CC(C)(C)C(C)(C)C.CC(C)(C)C(C)(C)C.CC(C)C(C)(C)C(C)(C)C.CC(C)C(C)(C)C(C)C.CC(C)C(C)C(C)(C)C.CC(C)C(C)C(C)C.CCC(C)(C)C(C)(C)C.CCC(C)(C)C(C)C.CCC(C)C(C)(C)C.CCC(C)C(C)(C)C. The highest BCUT2D eigenvalue weighted by atomic mass is 14.4. The van der Waals surface area contributed by atoms with Gasteiger partial charge in [0.15, 0.2) is 0 Å². The van der Waals surface area contributed by atoms with Crippen LogP contribution in [0.25, 0.3) is 0 Å². The van der Waals surface area contributed by atoms with Gasteiger partial charge in [-0.25, -0.2) is 0 Å². The Morgan fingerprint density at radius 1 is 0.235 bits per heavy atom. The third-order valence-corrected chi connectivity index (χ3v) is 24.9. The van der Waals surface area contributed by atoms with Gasteiger partial charge >= 0.3 is 0 Å². The van der Waals surface area contributed by atoms with Crippen LogP contribution in [0.3, 0.4) is 0 Å². The Balaban J connectivity index is -0.0000000920. The molecule has 0 heterocycles. The van der Waals surface area contributed by atoms with Gasteiger partial charge in [-0.15, -0.1) is 0 Å². The second-order valence-corrected chi connectivity index (χ2v) is 41.3. The molecule has 0 rings (SSSR count). The summed E-state index contributed by atoms with van der Waals surface area (Å²) in [5.41, 5.74) is 6.07. The molecule has 0 aromatic heterocycles. The molecule has 0 aromatic rings. The molecule has 0 aromatic carbocycles. The Bertz CT molecular complexity index is 1370. The first-order valence-electron chi connectivity index (χ1n) is 36.3. The fraction of sp³-hybridized carbons (Fsp3) is 1.00. The van der Waals surface area contributed by atoms with Crippen LogP contribution in [-0.2, 0) is 0 Å². The zero-order valence-electron chi connectivity index (χ0n) is 72.7. The molecule has 0 saturated carbocycles. The average Bonchev–Trinajstić information content (AvgIpc) is 3.26. The molecule has 3 unspecified atom stereocenters. The number of hydrogen-bond donors (Lipinski definition) is 0. The largest absolute Gasteiger partial charge is 0.0651 e. The van der Waals surface area contributed by atoms with Crippen molar-refractivity contribution in [2.75, 3.05) is 0 Å². The minimum Gasteiger partial charge on any atom is -0.0651 e. The van der Waals surface area contributed by atoms with Crippen molar-refractivity contribution >= 4 is 0 Å². The molecule has 0 radical (unpaired) electrons. The molecule has 85 heavy (non-hydrogen) atoms. The van der Waals surface area contributed by atoms with Gasteiger partial charge in [0.25, 0.3) is 0 Å². The van der Waals surface area contributed by atoms with E-state index in [4.69, 9.17) is 0 Å². The molecule has 0 amide bonds. The smallest absolute Gasteiger partial charge is 0.0283 e. The predicted octanol–water partition coefficient (Wildman–Crippen LogP) is 32.2. The summed E-state index contributed by atoms with van der Waals surface area (Å²) in [5.74, 6) is 9.03. The zero-order valence-corrected chi connectivity index (χ0v) is 72.7. The van der Waals surface area contributed by atoms with Crippen LogP contribution >= 0.6 is 0 Å². The van der Waals surface area contributed by atoms with Crippen LogP contribution in [0.2, 0.25) is 0 Å². The molecular weight excluding hydrogens is 1020 g/mol. The average molecular weight is 1210 g/mol. The van der Waals surface area contributed by atoms with Crippen LogP contribution in [0.4, 0.5) is 0 Å². The summed E-state index contributed by atoms with van der Waals surface area (Å²) < 4.78 is 0. The van der Waals surface area contributed by atoms with Crippen molar-refractivity contribution in [3.8, 4) is 0 Å². The molecule has 0 bridgehead atoms. The van der Waals surface area contributed by atoms with Crippen LogP contribution in [0.15, 0.2) is 0 Å². The Kier molecular flexibility index (Phi) is 54.9. The van der Waals surface area contributed by atoms with Crippen LogP contribution in [0.1, 0.15) is 420 Å². The van der Waals surface area contributed by atoms with Gasteiger partial charge in [-0.3, -0.25) is 0 Å². The van der Waals surface area contributed by atoms with E-state index in [1.165, 1.54) is 25.7 Å². The molecule has 0 fully saturated rings. The van der Waals surface area contributed by atoms with Gasteiger partial charge < -0.3 is 0 Å². The maximum atomic E-state index is 2.34. The summed E-state index contributed by atoms with van der Waals surface area (Å²) in [7, 11) is 0. The summed E-state index contributed by atoms with van der Waals surface area (Å²) in [6.45, 7) is 131. The van der Waals surface area contributed by atoms with E-state index in [2.05, 4.69) is 395 Å². The maximum Gasteiger partial charge on any atom is -0.0283 e. The third kappa shape index (κ3) is 56.5. The lowest BCUT2D eigenvalue weighted by atomic mass is 9.63. The lowest BCUT2D eigenvalue weighted by molar-refractivity contribution is 0.0737. The van der Waals surface area contributed by atoms with Crippen molar-refractivity contribution < 1.29 is 0 Å². The van der Waals surface area contributed by atoms with Gasteiger partial charge in [0.2, 0.25) is 0 Å². The molecule has 0 nitrogen and oxygen atoms in total. The summed E-state index contributed by atoms with van der Waals surface area (Å²) in [4.78, 5) is 0. The lowest BCUT2D eigenvalue weighted by Crippen LogP contribution is -2.34. The third-order valence-electron chi connectivity index (χ3n) is 24.9. The molecule has 0 saturated heterocycles. The monoisotopic (exact) mass is 1210 g/mol. The van der Waals surface area contributed by atoms with E-state index in [1.807, 2.05) is 0 Å². The van der Waals surface area contributed by atoms with E-state index in [-0.39, 0.29) is 0 Å². The van der Waals surface area contributed by atoms with Crippen LogP contribution in [0.5, 0.6) is 0 Å². The van der Waals surface area contributed by atoms with E-state index in [0.29, 0.717) is 70.4 Å². The van der Waals surface area contributed by atoms with Gasteiger partial charge in [0.05, 0.1) is 0 Å². The molecule has 3 atom stereocenters.